The molecular weight excluding hydrogens is 993 g/mol. The lowest BCUT2D eigenvalue weighted by Crippen LogP contribution is -2.66. The minimum Gasteiger partial charge on any atom is -0.374 e. The van der Waals surface area contributed by atoms with E-state index in [1.165, 1.54) is 0 Å². The highest BCUT2D eigenvalue weighted by Crippen LogP contribution is 2.37. The SMILES string of the molecule is c1ccc(COC[C@H]2O[C@H](O[C@H]3O[C@H](COCc4ccccc4)[C@@H](OCc4ccccc4)[C@H](OCc4ccccc4)[C@H]3OCc3ccccc3)[C@H](OCc3ccccc3)[C@@H](OCc3ccccc3)[C@@H]2OCc2ccccc2)cc1. The summed E-state index contributed by atoms with van der Waals surface area (Å²) in [4.78, 5) is 0. The summed E-state index contributed by atoms with van der Waals surface area (Å²) in [6.45, 7) is 2.47. The van der Waals surface area contributed by atoms with Crippen molar-refractivity contribution in [2.45, 2.75) is 114 Å². The fourth-order valence-electron chi connectivity index (χ4n) is 9.85. The summed E-state index contributed by atoms with van der Waals surface area (Å²) in [5, 5.41) is 0. The van der Waals surface area contributed by atoms with Crippen LogP contribution in [0.15, 0.2) is 243 Å². The maximum Gasteiger partial charge on any atom is 0.190 e. The lowest BCUT2D eigenvalue weighted by Gasteiger charge is -2.49. The quantitative estimate of drug-likeness (QED) is 0.0469. The van der Waals surface area contributed by atoms with Crippen molar-refractivity contribution in [1.82, 2.24) is 0 Å². The summed E-state index contributed by atoms with van der Waals surface area (Å²) in [6.07, 6.45) is -8.43. The molecule has 2 aliphatic heterocycles. The van der Waals surface area contributed by atoms with Gasteiger partial charge in [0.05, 0.1) is 66.1 Å². The van der Waals surface area contributed by atoms with Gasteiger partial charge in [0.15, 0.2) is 12.6 Å². The Kier molecular flexibility index (Phi) is 21.2. The molecule has 0 unspecified atom stereocenters. The molecule has 0 radical (unpaired) electrons. The molecule has 0 aromatic heterocycles. The third kappa shape index (κ3) is 16.7. The van der Waals surface area contributed by atoms with Crippen LogP contribution in [0.3, 0.4) is 0 Å². The van der Waals surface area contributed by atoms with E-state index >= 15 is 0 Å². The Balaban J connectivity index is 1.04. The average Bonchev–Trinajstić information content (AvgIpc) is 3.56. The molecule has 2 heterocycles. The summed E-state index contributed by atoms with van der Waals surface area (Å²) in [5.74, 6) is 0. The molecule has 2 aliphatic rings. The van der Waals surface area contributed by atoms with Crippen LogP contribution >= 0.6 is 0 Å². The van der Waals surface area contributed by atoms with Crippen molar-refractivity contribution in [2.75, 3.05) is 13.2 Å². The van der Waals surface area contributed by atoms with Gasteiger partial charge in [0, 0.05) is 0 Å². The van der Waals surface area contributed by atoms with E-state index in [0.29, 0.717) is 13.2 Å². The van der Waals surface area contributed by atoms with Gasteiger partial charge in [-0.2, -0.15) is 0 Å². The molecule has 10 rings (SSSR count). The first kappa shape index (κ1) is 55.6. The molecule has 11 heteroatoms. The van der Waals surface area contributed by atoms with E-state index in [4.69, 9.17) is 52.1 Å². The van der Waals surface area contributed by atoms with Gasteiger partial charge >= 0.3 is 0 Å². The van der Waals surface area contributed by atoms with Crippen LogP contribution in [-0.2, 0) is 105 Å². The molecule has 0 saturated carbocycles. The highest BCUT2D eigenvalue weighted by atomic mass is 16.8. The summed E-state index contributed by atoms with van der Waals surface area (Å²) < 4.78 is 77.6. The number of rotatable bonds is 28. The normalized spacial score (nSPS) is 23.0. The van der Waals surface area contributed by atoms with Crippen molar-refractivity contribution in [3.8, 4) is 0 Å². The van der Waals surface area contributed by atoms with Crippen LogP contribution in [0.2, 0.25) is 0 Å². The number of ether oxygens (including phenoxy) is 11. The zero-order valence-corrected chi connectivity index (χ0v) is 44.4. The molecule has 2 saturated heterocycles. The third-order valence-corrected chi connectivity index (χ3v) is 13.9. The maximum atomic E-state index is 7.43. The smallest absolute Gasteiger partial charge is 0.190 e. The van der Waals surface area contributed by atoms with E-state index in [9.17, 15) is 0 Å². The fraction of sp³-hybridized carbons (Fsp3) is 0.294. The highest BCUT2D eigenvalue weighted by molar-refractivity contribution is 5.20. The first-order valence-corrected chi connectivity index (χ1v) is 27.3. The molecule has 79 heavy (non-hydrogen) atoms. The molecule has 8 aromatic carbocycles. The average molecular weight is 1060 g/mol. The summed E-state index contributed by atoms with van der Waals surface area (Å²) >= 11 is 0. The lowest BCUT2D eigenvalue weighted by atomic mass is 9.96. The van der Waals surface area contributed by atoms with Crippen molar-refractivity contribution >= 4 is 0 Å². The topological polar surface area (TPSA) is 102 Å². The number of hydrogen-bond donors (Lipinski definition) is 0. The van der Waals surface area contributed by atoms with Gasteiger partial charge in [0.1, 0.15) is 48.8 Å². The zero-order chi connectivity index (χ0) is 53.5. The van der Waals surface area contributed by atoms with Gasteiger partial charge in [-0.25, -0.2) is 0 Å². The Morgan fingerprint density at radius 3 is 0.671 bits per heavy atom. The molecule has 2 fully saturated rings. The number of hydrogen-bond acceptors (Lipinski definition) is 11. The Bertz CT molecular complexity index is 2690. The molecule has 0 spiro atoms. The lowest BCUT2D eigenvalue weighted by molar-refractivity contribution is -0.394. The van der Waals surface area contributed by atoms with E-state index in [1.807, 2.05) is 243 Å². The zero-order valence-electron chi connectivity index (χ0n) is 44.4. The monoisotopic (exact) mass is 1060 g/mol. The van der Waals surface area contributed by atoms with Crippen LogP contribution in [0.5, 0.6) is 0 Å². The molecule has 0 amide bonds. The van der Waals surface area contributed by atoms with E-state index in [2.05, 4.69) is 0 Å². The standard InChI is InChI=1S/C68H70O11/c1-9-25-51(26-10-1)41-69-49-59-61(71-43-53-29-13-3-14-30-53)63(73-45-55-33-17-5-18-34-55)65(75-47-57-37-21-7-22-38-57)67(77-59)79-68-66(76-48-58-39-23-8-24-40-58)64(74-46-56-35-19-6-20-36-56)62(72-44-54-31-15-4-16-32-54)60(78-68)50-70-42-52-27-11-2-12-28-52/h1-40,59-68H,41-50H2/t59-,60-,61-,62-,63+,64+,65-,66-,67-,68-/m1/s1. The third-order valence-electron chi connectivity index (χ3n) is 13.9. The Morgan fingerprint density at radius 1 is 0.228 bits per heavy atom. The molecule has 0 aliphatic carbocycles. The van der Waals surface area contributed by atoms with Crippen molar-refractivity contribution < 1.29 is 52.1 Å². The highest BCUT2D eigenvalue weighted by Gasteiger charge is 2.54. The van der Waals surface area contributed by atoms with Crippen LogP contribution in [0, 0.1) is 0 Å². The van der Waals surface area contributed by atoms with Gasteiger partial charge in [0.2, 0.25) is 0 Å². The van der Waals surface area contributed by atoms with E-state index in [1.54, 1.807) is 0 Å². The van der Waals surface area contributed by atoms with E-state index in [-0.39, 0.29) is 52.9 Å². The first-order chi connectivity index (χ1) is 39.2. The summed E-state index contributed by atoms with van der Waals surface area (Å²) in [6, 6.07) is 80.6. The minimum atomic E-state index is -1.14. The second-order valence-electron chi connectivity index (χ2n) is 19.8. The van der Waals surface area contributed by atoms with Crippen molar-refractivity contribution in [1.29, 1.82) is 0 Å². The molecule has 0 bridgehead atoms. The Morgan fingerprint density at radius 2 is 0.430 bits per heavy atom. The van der Waals surface area contributed by atoms with Gasteiger partial charge < -0.3 is 52.1 Å². The molecule has 408 valence electrons. The predicted octanol–water partition coefficient (Wildman–Crippen LogP) is 12.4. The predicted molar refractivity (Wildman–Crippen MR) is 301 cm³/mol. The Hall–Kier alpha value is -6.68. The van der Waals surface area contributed by atoms with Gasteiger partial charge in [-0.05, 0) is 44.5 Å². The van der Waals surface area contributed by atoms with Gasteiger partial charge in [-0.15, -0.1) is 0 Å². The van der Waals surface area contributed by atoms with Crippen molar-refractivity contribution in [3.63, 3.8) is 0 Å². The second-order valence-corrected chi connectivity index (χ2v) is 19.8. The van der Waals surface area contributed by atoms with Crippen LogP contribution < -0.4 is 0 Å². The Labute approximate surface area is 464 Å². The number of benzene rings is 8. The van der Waals surface area contributed by atoms with Gasteiger partial charge in [0.25, 0.3) is 0 Å². The van der Waals surface area contributed by atoms with Crippen molar-refractivity contribution in [3.05, 3.63) is 287 Å². The van der Waals surface area contributed by atoms with Crippen molar-refractivity contribution in [2.24, 2.45) is 0 Å². The van der Waals surface area contributed by atoms with Crippen LogP contribution in [0.1, 0.15) is 44.5 Å². The van der Waals surface area contributed by atoms with Gasteiger partial charge in [-0.1, -0.05) is 243 Å². The summed E-state index contributed by atoms with van der Waals surface area (Å²) in [5.41, 5.74) is 7.91. The van der Waals surface area contributed by atoms with Gasteiger partial charge in [-0.3, -0.25) is 0 Å². The maximum absolute atomic E-state index is 7.43. The molecule has 10 atom stereocenters. The van der Waals surface area contributed by atoms with E-state index < -0.39 is 61.4 Å². The van der Waals surface area contributed by atoms with E-state index in [0.717, 1.165) is 44.5 Å². The first-order valence-electron chi connectivity index (χ1n) is 27.3. The summed E-state index contributed by atoms with van der Waals surface area (Å²) in [7, 11) is 0. The molecule has 8 aromatic rings. The second kappa shape index (κ2) is 30.1. The fourth-order valence-corrected chi connectivity index (χ4v) is 9.85. The van der Waals surface area contributed by atoms with Crippen LogP contribution in [0.4, 0.5) is 0 Å². The van der Waals surface area contributed by atoms with Crippen LogP contribution in [-0.4, -0.2) is 74.6 Å². The largest absolute Gasteiger partial charge is 0.374 e. The minimum absolute atomic E-state index is 0.137. The molecule has 11 nitrogen and oxygen atoms in total. The molecule has 0 N–H and O–H groups in total. The molecular formula is C68H70O11. The van der Waals surface area contributed by atoms with Crippen LogP contribution in [0.25, 0.3) is 0 Å².